The van der Waals surface area contributed by atoms with Crippen molar-refractivity contribution in [3.8, 4) is 0 Å². The summed E-state index contributed by atoms with van der Waals surface area (Å²) in [4.78, 5) is 42.9. The Morgan fingerprint density at radius 2 is 1.24 bits per heavy atom. The molecule has 0 amide bonds. The normalized spacial score (nSPS) is 20.7. The fourth-order valence-electron chi connectivity index (χ4n) is 6.65. The first-order chi connectivity index (χ1) is 24.0. The summed E-state index contributed by atoms with van der Waals surface area (Å²) < 4.78 is 26.3. The van der Waals surface area contributed by atoms with Gasteiger partial charge in [0.15, 0.2) is 6.10 Å². The van der Waals surface area contributed by atoms with Crippen LogP contribution in [0, 0.1) is 11.8 Å². The Morgan fingerprint density at radius 3 is 1.82 bits per heavy atom. The molecular weight excluding hydrogens is 663 g/mol. The number of hydrogen-bond acceptors (Lipinski definition) is 9. The number of phosphoric ester groups is 1. The third-order valence-electron chi connectivity index (χ3n) is 9.63. The van der Waals surface area contributed by atoms with E-state index in [-0.39, 0.29) is 31.3 Å². The zero-order chi connectivity index (χ0) is 37.0. The number of aliphatic hydroxyl groups excluding tert-OH is 3. The first-order valence-electron chi connectivity index (χ1n) is 19.7. The molecule has 0 heterocycles. The van der Waals surface area contributed by atoms with E-state index in [1.165, 1.54) is 51.4 Å². The Hall–Kier alpha value is -1.33. The lowest BCUT2D eigenvalue weighted by molar-refractivity contribution is -0.161. The van der Waals surface area contributed by atoms with E-state index in [1.807, 2.05) is 6.08 Å². The number of carbonyl (C=O) groups excluding carboxylic acids is 2. The predicted octanol–water partition coefficient (Wildman–Crippen LogP) is 7.84. The topological polar surface area (TPSA) is 180 Å². The number of rotatable bonds is 32. The van der Waals surface area contributed by atoms with Crippen LogP contribution in [0.5, 0.6) is 0 Å². The molecule has 294 valence electrons. The van der Waals surface area contributed by atoms with E-state index in [4.69, 9.17) is 19.3 Å². The summed E-state index contributed by atoms with van der Waals surface area (Å²) in [6, 6.07) is 0. The van der Waals surface area contributed by atoms with Crippen LogP contribution >= 0.6 is 7.82 Å². The van der Waals surface area contributed by atoms with Gasteiger partial charge < -0.3 is 34.6 Å². The second kappa shape index (κ2) is 29.2. The molecule has 12 heteroatoms. The minimum absolute atomic E-state index is 0.0886. The number of phosphoric acid groups is 1. The van der Waals surface area contributed by atoms with E-state index < -0.39 is 50.8 Å². The summed E-state index contributed by atoms with van der Waals surface area (Å²) in [6.07, 6.45) is 22.9. The van der Waals surface area contributed by atoms with Crippen molar-refractivity contribution in [1.82, 2.24) is 0 Å². The highest BCUT2D eigenvalue weighted by molar-refractivity contribution is 7.46. The van der Waals surface area contributed by atoms with Crippen molar-refractivity contribution in [1.29, 1.82) is 0 Å². The summed E-state index contributed by atoms with van der Waals surface area (Å²) in [5.74, 6) is -1.31. The molecule has 0 spiro atoms. The van der Waals surface area contributed by atoms with Crippen LogP contribution in [0.15, 0.2) is 12.2 Å². The maximum absolute atomic E-state index is 12.5. The van der Waals surface area contributed by atoms with E-state index in [1.54, 1.807) is 6.08 Å². The first-order valence-corrected chi connectivity index (χ1v) is 21.3. The molecular formula is C38H71O11P. The Kier molecular flexibility index (Phi) is 27.2. The minimum Gasteiger partial charge on any atom is -0.462 e. The lowest BCUT2D eigenvalue weighted by Gasteiger charge is -2.21. The van der Waals surface area contributed by atoms with Crippen molar-refractivity contribution in [3.63, 3.8) is 0 Å². The van der Waals surface area contributed by atoms with Gasteiger partial charge in [-0.25, -0.2) is 4.57 Å². The summed E-state index contributed by atoms with van der Waals surface area (Å²) in [7, 11) is -4.81. The number of unbranched alkanes of at least 4 members (excludes halogenated alkanes) is 16. The first kappa shape index (κ1) is 46.7. The molecule has 5 N–H and O–H groups in total. The zero-order valence-electron chi connectivity index (χ0n) is 31.1. The lowest BCUT2D eigenvalue weighted by atomic mass is 9.88. The van der Waals surface area contributed by atoms with E-state index >= 15 is 0 Å². The molecule has 1 aliphatic carbocycles. The molecule has 0 unspecified atom stereocenters. The van der Waals surface area contributed by atoms with Gasteiger partial charge in [-0.05, 0) is 31.6 Å². The quantitative estimate of drug-likeness (QED) is 0.0197. The zero-order valence-corrected chi connectivity index (χ0v) is 32.0. The Morgan fingerprint density at radius 1 is 0.720 bits per heavy atom. The fourth-order valence-corrected chi connectivity index (χ4v) is 7.01. The third-order valence-corrected chi connectivity index (χ3v) is 10.1. The monoisotopic (exact) mass is 734 g/mol. The highest BCUT2D eigenvalue weighted by atomic mass is 31.2. The van der Waals surface area contributed by atoms with Crippen molar-refractivity contribution in [2.45, 2.75) is 192 Å². The Labute approximate surface area is 302 Å². The highest BCUT2D eigenvalue weighted by Gasteiger charge is 2.39. The van der Waals surface area contributed by atoms with Gasteiger partial charge in [0, 0.05) is 25.2 Å². The average Bonchev–Trinajstić information content (AvgIpc) is 3.33. The van der Waals surface area contributed by atoms with Crippen LogP contribution in [0.25, 0.3) is 0 Å². The van der Waals surface area contributed by atoms with Crippen molar-refractivity contribution in [2.24, 2.45) is 11.8 Å². The number of carbonyl (C=O) groups is 2. The molecule has 1 rings (SSSR count). The predicted molar refractivity (Wildman–Crippen MR) is 195 cm³/mol. The van der Waals surface area contributed by atoms with Crippen LogP contribution in [-0.2, 0) is 28.2 Å². The van der Waals surface area contributed by atoms with Gasteiger partial charge in [-0.3, -0.25) is 14.1 Å². The van der Waals surface area contributed by atoms with Crippen LogP contribution in [0.1, 0.15) is 168 Å². The number of hydrogen-bond donors (Lipinski definition) is 5. The van der Waals surface area contributed by atoms with Gasteiger partial charge in [0.25, 0.3) is 0 Å². The summed E-state index contributed by atoms with van der Waals surface area (Å²) in [6.45, 7) is 3.40. The van der Waals surface area contributed by atoms with Crippen molar-refractivity contribution in [2.75, 3.05) is 13.2 Å². The van der Waals surface area contributed by atoms with Crippen LogP contribution in [0.3, 0.4) is 0 Å². The smallest absolute Gasteiger partial charge is 0.462 e. The van der Waals surface area contributed by atoms with Gasteiger partial charge in [0.1, 0.15) is 6.61 Å². The molecule has 0 aliphatic heterocycles. The Bertz CT molecular complexity index is 940. The van der Waals surface area contributed by atoms with Gasteiger partial charge >= 0.3 is 19.8 Å². The van der Waals surface area contributed by atoms with Gasteiger partial charge in [-0.2, -0.15) is 0 Å². The number of ether oxygens (including phenoxy) is 2. The second-order valence-corrected chi connectivity index (χ2v) is 15.5. The maximum atomic E-state index is 12.5. The van der Waals surface area contributed by atoms with E-state index in [0.29, 0.717) is 25.7 Å². The molecule has 0 bridgehead atoms. The molecule has 0 aromatic carbocycles. The molecule has 50 heavy (non-hydrogen) atoms. The minimum atomic E-state index is -4.81. The Balaban J connectivity index is 2.30. The van der Waals surface area contributed by atoms with Crippen LogP contribution in [0.2, 0.25) is 0 Å². The maximum Gasteiger partial charge on any atom is 0.469 e. The SMILES string of the molecule is CCCCCCCCCCCCCCC(=O)OC[C@H](COP(=O)(O)O)OC(=O)CCCCCC[C@@H]1[C@@H](/C=C/[C@@H](O)CCCCC)[C@H](O)C[C@@H]1O. The second-order valence-electron chi connectivity index (χ2n) is 14.2. The van der Waals surface area contributed by atoms with Gasteiger partial charge in [-0.1, -0.05) is 135 Å². The van der Waals surface area contributed by atoms with E-state index in [2.05, 4.69) is 18.4 Å². The van der Waals surface area contributed by atoms with Crippen molar-refractivity contribution >= 4 is 19.8 Å². The summed E-state index contributed by atoms with van der Waals surface area (Å²) in [5, 5.41) is 31.2. The number of esters is 2. The molecule has 1 saturated carbocycles. The van der Waals surface area contributed by atoms with Crippen LogP contribution < -0.4 is 0 Å². The molecule has 1 fully saturated rings. The molecule has 0 aromatic heterocycles. The summed E-state index contributed by atoms with van der Waals surface area (Å²) in [5.41, 5.74) is 0. The highest BCUT2D eigenvalue weighted by Crippen LogP contribution is 2.38. The fraction of sp³-hybridized carbons (Fsp3) is 0.895. The van der Waals surface area contributed by atoms with Crippen molar-refractivity contribution < 1.29 is 53.3 Å². The lowest BCUT2D eigenvalue weighted by Crippen LogP contribution is -2.29. The van der Waals surface area contributed by atoms with Gasteiger partial charge in [0.2, 0.25) is 0 Å². The van der Waals surface area contributed by atoms with Gasteiger partial charge in [0.05, 0.1) is 24.9 Å². The molecule has 1 aliphatic rings. The molecule has 11 nitrogen and oxygen atoms in total. The van der Waals surface area contributed by atoms with E-state index in [9.17, 15) is 29.5 Å². The molecule has 0 radical (unpaired) electrons. The number of aliphatic hydroxyl groups is 3. The van der Waals surface area contributed by atoms with Gasteiger partial charge in [-0.15, -0.1) is 0 Å². The van der Waals surface area contributed by atoms with Crippen LogP contribution in [-0.4, -0.2) is 74.7 Å². The third kappa shape index (κ3) is 24.8. The largest absolute Gasteiger partial charge is 0.469 e. The standard InChI is InChI=1S/C38H71O11P/c1-3-5-7-8-9-10-11-12-13-14-15-20-24-37(42)47-29-32(30-48-50(44,45)46)49-38(43)25-21-17-16-19-23-33-34(36(41)28-35(33)40)27-26-31(39)22-18-6-4-2/h26-27,31-36,39-41H,3-25,28-30H2,1-2H3,(H2,44,45,46)/b27-26+/t31-,32+,33+,34+,35-,36+/m0/s1. The van der Waals surface area contributed by atoms with E-state index in [0.717, 1.165) is 64.2 Å². The van der Waals surface area contributed by atoms with Crippen molar-refractivity contribution in [3.05, 3.63) is 12.2 Å². The molecule has 0 saturated heterocycles. The molecule has 6 atom stereocenters. The average molecular weight is 735 g/mol. The summed E-state index contributed by atoms with van der Waals surface area (Å²) >= 11 is 0. The van der Waals surface area contributed by atoms with Crippen LogP contribution in [0.4, 0.5) is 0 Å². The molecule has 0 aromatic rings.